The first-order chi connectivity index (χ1) is 17.8. The number of likely N-dealkylation sites (tertiary alicyclic amines) is 1. The lowest BCUT2D eigenvalue weighted by molar-refractivity contribution is -0.123. The number of carbonyl (C=O) groups excluding carboxylic acids is 2. The van der Waals surface area contributed by atoms with E-state index in [9.17, 15) is 22.8 Å². The molecule has 1 aliphatic heterocycles. The number of nitrogens with one attached hydrogen (secondary N) is 3. The molecular weight excluding hydrogens is 507 g/mol. The van der Waals surface area contributed by atoms with Crippen molar-refractivity contribution in [3.63, 3.8) is 0 Å². The van der Waals surface area contributed by atoms with E-state index in [1.165, 1.54) is 18.5 Å². The highest BCUT2D eigenvalue weighted by Gasteiger charge is 2.30. The number of hydrogen-bond acceptors (Lipinski definition) is 10. The molecule has 0 saturated carbocycles. The number of alkyl halides is 3. The maximum atomic E-state index is 12.6. The predicted octanol–water partition coefficient (Wildman–Crippen LogP) is 3.23. The third kappa shape index (κ3) is 8.71. The summed E-state index contributed by atoms with van der Waals surface area (Å²) in [7, 11) is 0. The maximum Gasteiger partial charge on any atom is 0.410 e. The fraction of sp³-hybridized carbons (Fsp3) is 0.522. The van der Waals surface area contributed by atoms with Crippen LogP contribution in [0.5, 0.6) is 0 Å². The van der Waals surface area contributed by atoms with Crippen LogP contribution in [0.15, 0.2) is 18.5 Å². The quantitative estimate of drug-likeness (QED) is 0.481. The summed E-state index contributed by atoms with van der Waals surface area (Å²) in [6, 6.07) is 3.25. The molecule has 1 saturated heterocycles. The lowest BCUT2D eigenvalue weighted by Gasteiger charge is -2.34. The SMILES string of the molecule is CC(C)(C)OC(=O)N1CCCC(CNc2cc(Nc3cnc(C#N)cn3)nnc2C(=O)NCC(F)(F)F)C1. The number of hydrogen-bond donors (Lipinski definition) is 3. The van der Waals surface area contributed by atoms with Crippen LogP contribution in [-0.4, -0.2) is 75.0 Å². The van der Waals surface area contributed by atoms with Crippen LogP contribution in [0.25, 0.3) is 0 Å². The predicted molar refractivity (Wildman–Crippen MR) is 129 cm³/mol. The first kappa shape index (κ1) is 28.4. The number of halogens is 3. The van der Waals surface area contributed by atoms with Crippen LogP contribution in [0.3, 0.4) is 0 Å². The number of aromatic nitrogens is 4. The van der Waals surface area contributed by atoms with Crippen molar-refractivity contribution in [2.24, 2.45) is 5.92 Å². The van der Waals surface area contributed by atoms with Crippen molar-refractivity contribution in [2.45, 2.75) is 45.4 Å². The fourth-order valence-corrected chi connectivity index (χ4v) is 3.58. The highest BCUT2D eigenvalue weighted by Crippen LogP contribution is 2.23. The van der Waals surface area contributed by atoms with Crippen LogP contribution in [0.1, 0.15) is 49.8 Å². The van der Waals surface area contributed by atoms with E-state index >= 15 is 0 Å². The number of piperidine rings is 1. The van der Waals surface area contributed by atoms with Gasteiger partial charge in [-0.3, -0.25) is 4.79 Å². The molecule has 0 spiro atoms. The van der Waals surface area contributed by atoms with Gasteiger partial charge in [0.15, 0.2) is 17.2 Å². The molecule has 0 radical (unpaired) electrons. The Balaban J connectivity index is 1.75. The molecule has 12 nitrogen and oxygen atoms in total. The van der Waals surface area contributed by atoms with Gasteiger partial charge < -0.3 is 25.6 Å². The second-order valence-corrected chi connectivity index (χ2v) is 9.63. The summed E-state index contributed by atoms with van der Waals surface area (Å²) in [5, 5.41) is 24.2. The number of amides is 2. The molecule has 3 N–H and O–H groups in total. The summed E-state index contributed by atoms with van der Waals surface area (Å²) in [6.45, 7) is 5.08. The van der Waals surface area contributed by atoms with Crippen LogP contribution < -0.4 is 16.0 Å². The zero-order valence-corrected chi connectivity index (χ0v) is 21.1. The summed E-state index contributed by atoms with van der Waals surface area (Å²) in [4.78, 5) is 34.5. The molecule has 1 atom stereocenters. The smallest absolute Gasteiger partial charge is 0.410 e. The second-order valence-electron chi connectivity index (χ2n) is 9.63. The minimum atomic E-state index is -4.60. The van der Waals surface area contributed by atoms with Crippen molar-refractivity contribution in [3.8, 4) is 6.07 Å². The van der Waals surface area contributed by atoms with Crippen LogP contribution in [0.2, 0.25) is 0 Å². The number of rotatable bonds is 7. The Morgan fingerprint density at radius 2 is 1.95 bits per heavy atom. The third-order valence-electron chi connectivity index (χ3n) is 5.23. The highest BCUT2D eigenvalue weighted by atomic mass is 19.4. The van der Waals surface area contributed by atoms with Gasteiger partial charge >= 0.3 is 12.3 Å². The van der Waals surface area contributed by atoms with E-state index in [-0.39, 0.29) is 34.6 Å². The largest absolute Gasteiger partial charge is 0.444 e. The van der Waals surface area contributed by atoms with Gasteiger partial charge in [-0.25, -0.2) is 14.8 Å². The molecule has 1 aliphatic rings. The maximum absolute atomic E-state index is 12.6. The van der Waals surface area contributed by atoms with Gasteiger partial charge in [-0.2, -0.15) is 18.4 Å². The summed E-state index contributed by atoms with van der Waals surface area (Å²) >= 11 is 0. The van der Waals surface area contributed by atoms with Gasteiger partial charge in [0, 0.05) is 25.7 Å². The van der Waals surface area contributed by atoms with Crippen molar-refractivity contribution < 1.29 is 27.5 Å². The molecule has 38 heavy (non-hydrogen) atoms. The molecule has 15 heteroatoms. The zero-order valence-electron chi connectivity index (χ0n) is 21.1. The third-order valence-corrected chi connectivity index (χ3v) is 5.23. The molecule has 3 heterocycles. The Morgan fingerprint density at radius 1 is 1.18 bits per heavy atom. The molecule has 1 unspecified atom stereocenters. The molecule has 2 aromatic heterocycles. The van der Waals surface area contributed by atoms with Gasteiger partial charge in [-0.1, -0.05) is 0 Å². The normalized spacial score (nSPS) is 15.8. The van der Waals surface area contributed by atoms with Crippen LogP contribution in [0.4, 0.5) is 35.3 Å². The van der Waals surface area contributed by atoms with Gasteiger partial charge in [0.05, 0.1) is 18.1 Å². The average molecular weight is 536 g/mol. The Hall–Kier alpha value is -4.22. The van der Waals surface area contributed by atoms with Gasteiger partial charge in [-0.05, 0) is 39.5 Å². The van der Waals surface area contributed by atoms with E-state index in [4.69, 9.17) is 10.00 Å². The van der Waals surface area contributed by atoms with E-state index in [1.807, 2.05) is 6.07 Å². The Kier molecular flexibility index (Phi) is 8.87. The number of anilines is 3. The Labute approximate surface area is 217 Å². The van der Waals surface area contributed by atoms with Crippen molar-refractivity contribution >= 4 is 29.3 Å². The molecule has 204 valence electrons. The molecule has 2 amide bonds. The topological polar surface area (TPSA) is 158 Å². The van der Waals surface area contributed by atoms with E-state index in [2.05, 4.69) is 30.8 Å². The van der Waals surface area contributed by atoms with Crippen molar-refractivity contribution in [2.75, 3.05) is 36.8 Å². The van der Waals surface area contributed by atoms with Crippen LogP contribution in [-0.2, 0) is 4.74 Å². The molecule has 3 rings (SSSR count). The lowest BCUT2D eigenvalue weighted by Crippen LogP contribution is -2.44. The van der Waals surface area contributed by atoms with E-state index < -0.39 is 30.3 Å². The number of carbonyl (C=O) groups is 2. The number of ether oxygens (including phenoxy) is 1. The Morgan fingerprint density at radius 3 is 2.58 bits per heavy atom. The first-order valence-electron chi connectivity index (χ1n) is 11.8. The molecule has 1 fully saturated rings. The van der Waals surface area contributed by atoms with Crippen LogP contribution in [0, 0.1) is 17.2 Å². The summed E-state index contributed by atoms with van der Waals surface area (Å²) in [5.41, 5.74) is -0.718. The summed E-state index contributed by atoms with van der Waals surface area (Å²) < 4.78 is 43.4. The van der Waals surface area contributed by atoms with Crippen molar-refractivity contribution in [3.05, 3.63) is 29.8 Å². The average Bonchev–Trinajstić information content (AvgIpc) is 2.85. The van der Waals surface area contributed by atoms with Crippen LogP contribution >= 0.6 is 0 Å². The number of nitriles is 1. The van der Waals surface area contributed by atoms with Gasteiger partial charge in [0.1, 0.15) is 24.0 Å². The molecular formula is C23H28F3N9O3. The second kappa shape index (κ2) is 11.9. The fourth-order valence-electron chi connectivity index (χ4n) is 3.58. The van der Waals surface area contributed by atoms with E-state index in [1.54, 1.807) is 31.0 Å². The van der Waals surface area contributed by atoms with Crippen molar-refractivity contribution in [1.82, 2.24) is 30.4 Å². The molecule has 2 aromatic rings. The lowest BCUT2D eigenvalue weighted by atomic mass is 9.98. The standard InChI is InChI=1S/C23H28F3N9O3/c1-22(2,3)38-21(37)35-6-4-5-14(12-35)9-29-16-7-17(32-18-11-28-15(8-27)10-30-18)33-34-19(16)20(36)31-13-23(24,25)26/h7,10-11,14H,4-6,9,12-13H2,1-3H3,(H,31,36)(H2,29,30,32,33). The van der Waals surface area contributed by atoms with Gasteiger partial charge in [0.25, 0.3) is 5.91 Å². The van der Waals surface area contributed by atoms with Gasteiger partial charge in [-0.15, -0.1) is 10.2 Å². The zero-order chi connectivity index (χ0) is 27.9. The summed E-state index contributed by atoms with van der Waals surface area (Å²) in [6.07, 6.45) is -0.956. The minimum Gasteiger partial charge on any atom is -0.444 e. The summed E-state index contributed by atoms with van der Waals surface area (Å²) in [5.74, 6) is -0.700. The highest BCUT2D eigenvalue weighted by molar-refractivity contribution is 5.97. The first-order valence-corrected chi connectivity index (χ1v) is 11.8. The van der Waals surface area contributed by atoms with Gasteiger partial charge in [0.2, 0.25) is 0 Å². The number of nitrogens with zero attached hydrogens (tertiary/aromatic N) is 6. The van der Waals surface area contributed by atoms with Crippen molar-refractivity contribution in [1.29, 1.82) is 5.26 Å². The molecule has 0 bridgehead atoms. The monoisotopic (exact) mass is 535 g/mol. The molecule has 0 aliphatic carbocycles. The van der Waals surface area contributed by atoms with E-state index in [0.717, 1.165) is 12.8 Å². The minimum absolute atomic E-state index is 0.0173. The molecule has 0 aromatic carbocycles. The van der Waals surface area contributed by atoms with E-state index in [0.29, 0.717) is 19.6 Å². The Bertz CT molecular complexity index is 1180.